The van der Waals surface area contributed by atoms with Crippen molar-refractivity contribution in [3.8, 4) is 0 Å². The molecule has 0 aromatic carbocycles. The van der Waals surface area contributed by atoms with Gasteiger partial charge in [0, 0.05) is 33.7 Å². The summed E-state index contributed by atoms with van der Waals surface area (Å²) in [6.45, 7) is 3.57. The van der Waals surface area contributed by atoms with Gasteiger partial charge in [0.1, 0.15) is 0 Å². The van der Waals surface area contributed by atoms with Crippen LogP contribution in [0.3, 0.4) is 0 Å². The van der Waals surface area contributed by atoms with Crippen LogP contribution >= 0.6 is 0 Å². The normalized spacial score (nSPS) is 12.9. The zero-order valence-electron chi connectivity index (χ0n) is 10.4. The highest BCUT2D eigenvalue weighted by Gasteiger charge is 2.12. The fourth-order valence-corrected chi connectivity index (χ4v) is 2.23. The van der Waals surface area contributed by atoms with E-state index >= 15 is 0 Å². The van der Waals surface area contributed by atoms with E-state index in [0.717, 1.165) is 6.42 Å². The number of nitrogens with one attached hydrogen (secondary N) is 2. The van der Waals surface area contributed by atoms with Gasteiger partial charge in [-0.25, -0.2) is 12.7 Å². The summed E-state index contributed by atoms with van der Waals surface area (Å²) in [4.78, 5) is 3.95. The van der Waals surface area contributed by atoms with E-state index in [1.54, 1.807) is 14.1 Å². The minimum Gasteiger partial charge on any atom is -0.359 e. The summed E-state index contributed by atoms with van der Waals surface area (Å²) in [7, 11) is 0.403. The molecule has 0 fully saturated rings. The lowest BCUT2D eigenvalue weighted by molar-refractivity contribution is 0.424. The molecule has 0 saturated heterocycles. The molecule has 16 heavy (non-hydrogen) atoms. The largest absolute Gasteiger partial charge is 0.359 e. The Labute approximate surface area is 98.2 Å². The number of sulfonamides is 1. The van der Waals surface area contributed by atoms with Crippen molar-refractivity contribution in [2.24, 2.45) is 4.99 Å². The first-order valence-corrected chi connectivity index (χ1v) is 7.14. The van der Waals surface area contributed by atoms with Crippen molar-refractivity contribution < 1.29 is 8.42 Å². The van der Waals surface area contributed by atoms with Crippen LogP contribution in [0.5, 0.6) is 0 Å². The van der Waals surface area contributed by atoms with Gasteiger partial charge >= 0.3 is 0 Å². The second kappa shape index (κ2) is 7.45. The van der Waals surface area contributed by atoms with Crippen molar-refractivity contribution >= 4 is 16.0 Å². The average Bonchev–Trinajstić information content (AvgIpc) is 2.22. The molecule has 0 aliphatic rings. The molecule has 0 bridgehead atoms. The molecular weight excluding hydrogens is 228 g/mol. The SMILES string of the molecule is CCN(CCCNC(=NC)NC)S(C)(=O)=O. The summed E-state index contributed by atoms with van der Waals surface area (Å²) in [5.41, 5.74) is 0. The Balaban J connectivity index is 3.90. The van der Waals surface area contributed by atoms with Crippen molar-refractivity contribution in [2.45, 2.75) is 13.3 Å². The molecule has 0 amide bonds. The fourth-order valence-electron chi connectivity index (χ4n) is 1.30. The molecule has 0 radical (unpaired) electrons. The van der Waals surface area contributed by atoms with E-state index < -0.39 is 10.0 Å². The van der Waals surface area contributed by atoms with Crippen LogP contribution in [0.2, 0.25) is 0 Å². The van der Waals surface area contributed by atoms with Crippen LogP contribution in [-0.4, -0.2) is 58.7 Å². The standard InChI is InChI=1S/C9H22N4O2S/c1-5-13(16(4,14)15)8-6-7-12-9(10-2)11-3/h5-8H2,1-4H3,(H2,10,11,12). The molecule has 0 rings (SSSR count). The average molecular weight is 250 g/mol. The number of guanidine groups is 1. The van der Waals surface area contributed by atoms with Gasteiger partial charge in [-0.3, -0.25) is 4.99 Å². The third-order valence-corrected chi connectivity index (χ3v) is 3.54. The number of nitrogens with zero attached hydrogens (tertiary/aromatic N) is 2. The molecule has 0 spiro atoms. The summed E-state index contributed by atoms with van der Waals surface area (Å²) in [6.07, 6.45) is 1.98. The van der Waals surface area contributed by atoms with Gasteiger partial charge in [0.2, 0.25) is 10.0 Å². The summed E-state index contributed by atoms with van der Waals surface area (Å²) in [5.74, 6) is 0.711. The number of rotatable bonds is 6. The third kappa shape index (κ3) is 5.92. The van der Waals surface area contributed by atoms with Gasteiger partial charge < -0.3 is 10.6 Å². The number of hydrogen-bond donors (Lipinski definition) is 2. The van der Waals surface area contributed by atoms with Gasteiger partial charge in [-0.15, -0.1) is 0 Å². The highest BCUT2D eigenvalue weighted by Crippen LogP contribution is 1.97. The lowest BCUT2D eigenvalue weighted by atomic mass is 10.4. The first kappa shape index (κ1) is 15.2. The van der Waals surface area contributed by atoms with Gasteiger partial charge in [-0.05, 0) is 6.42 Å². The monoisotopic (exact) mass is 250 g/mol. The van der Waals surface area contributed by atoms with Crippen LogP contribution in [0.25, 0.3) is 0 Å². The van der Waals surface area contributed by atoms with Crippen LogP contribution in [0.1, 0.15) is 13.3 Å². The van der Waals surface area contributed by atoms with Gasteiger partial charge in [-0.2, -0.15) is 0 Å². The van der Waals surface area contributed by atoms with Gasteiger partial charge in [0.05, 0.1) is 6.26 Å². The first-order valence-electron chi connectivity index (χ1n) is 5.29. The zero-order chi connectivity index (χ0) is 12.6. The zero-order valence-corrected chi connectivity index (χ0v) is 11.3. The molecule has 96 valence electrons. The lowest BCUT2D eigenvalue weighted by Crippen LogP contribution is -2.37. The predicted octanol–water partition coefficient (Wildman–Crippen LogP) is -0.547. The Morgan fingerprint density at radius 1 is 1.44 bits per heavy atom. The van der Waals surface area contributed by atoms with Crippen molar-refractivity contribution in [1.29, 1.82) is 0 Å². The molecule has 6 nitrogen and oxygen atoms in total. The van der Waals surface area contributed by atoms with Crippen LogP contribution in [0, 0.1) is 0 Å². The third-order valence-electron chi connectivity index (χ3n) is 2.16. The molecule has 0 aromatic rings. The maximum absolute atomic E-state index is 11.3. The minimum absolute atomic E-state index is 0.513. The number of aliphatic imine (C=N–C) groups is 1. The van der Waals surface area contributed by atoms with Crippen molar-refractivity contribution in [3.63, 3.8) is 0 Å². The molecule has 7 heteroatoms. The molecule has 0 atom stereocenters. The van der Waals surface area contributed by atoms with E-state index in [2.05, 4.69) is 15.6 Å². The smallest absolute Gasteiger partial charge is 0.211 e. The molecular formula is C9H22N4O2S. The van der Waals surface area contributed by atoms with Gasteiger partial charge in [-0.1, -0.05) is 6.92 Å². The summed E-state index contributed by atoms with van der Waals surface area (Å²) in [6, 6.07) is 0. The van der Waals surface area contributed by atoms with Crippen molar-refractivity contribution in [2.75, 3.05) is 40.0 Å². The Hall–Kier alpha value is -0.820. The van der Waals surface area contributed by atoms with Gasteiger partial charge in [0.15, 0.2) is 5.96 Å². The van der Waals surface area contributed by atoms with Crippen LogP contribution in [0.15, 0.2) is 4.99 Å². The van der Waals surface area contributed by atoms with E-state index in [1.165, 1.54) is 10.6 Å². The van der Waals surface area contributed by atoms with E-state index in [4.69, 9.17) is 0 Å². The topological polar surface area (TPSA) is 73.8 Å². The number of hydrogen-bond acceptors (Lipinski definition) is 3. The van der Waals surface area contributed by atoms with E-state index in [0.29, 0.717) is 25.6 Å². The molecule has 0 heterocycles. The second-order valence-corrected chi connectivity index (χ2v) is 5.34. The Bertz CT molecular complexity index is 313. The molecule has 0 unspecified atom stereocenters. The van der Waals surface area contributed by atoms with Crippen molar-refractivity contribution in [3.05, 3.63) is 0 Å². The maximum atomic E-state index is 11.3. The van der Waals surface area contributed by atoms with E-state index in [9.17, 15) is 8.42 Å². The van der Waals surface area contributed by atoms with Crippen LogP contribution in [0.4, 0.5) is 0 Å². The Kier molecular flexibility index (Phi) is 7.07. The summed E-state index contributed by atoms with van der Waals surface area (Å²) >= 11 is 0. The molecule has 0 aromatic heterocycles. The minimum atomic E-state index is -3.07. The highest BCUT2D eigenvalue weighted by atomic mass is 32.2. The molecule has 0 saturated carbocycles. The van der Waals surface area contributed by atoms with Crippen LogP contribution in [-0.2, 0) is 10.0 Å². The fraction of sp³-hybridized carbons (Fsp3) is 0.889. The summed E-state index contributed by atoms with van der Waals surface area (Å²) < 4.78 is 24.0. The molecule has 0 aliphatic heterocycles. The quantitative estimate of drug-likeness (QED) is 0.377. The Morgan fingerprint density at radius 3 is 2.44 bits per heavy atom. The maximum Gasteiger partial charge on any atom is 0.211 e. The van der Waals surface area contributed by atoms with E-state index in [-0.39, 0.29) is 0 Å². The molecule has 2 N–H and O–H groups in total. The molecule has 0 aliphatic carbocycles. The highest BCUT2D eigenvalue weighted by molar-refractivity contribution is 7.88. The van der Waals surface area contributed by atoms with E-state index in [1.807, 2.05) is 6.92 Å². The summed E-state index contributed by atoms with van der Waals surface area (Å²) in [5, 5.41) is 5.96. The Morgan fingerprint density at radius 2 is 2.06 bits per heavy atom. The lowest BCUT2D eigenvalue weighted by Gasteiger charge is -2.17. The second-order valence-electron chi connectivity index (χ2n) is 3.36. The van der Waals surface area contributed by atoms with Gasteiger partial charge in [0.25, 0.3) is 0 Å². The van der Waals surface area contributed by atoms with Crippen LogP contribution < -0.4 is 10.6 Å². The first-order chi connectivity index (χ1) is 7.45. The predicted molar refractivity (Wildman–Crippen MR) is 67.1 cm³/mol. The van der Waals surface area contributed by atoms with Crippen molar-refractivity contribution in [1.82, 2.24) is 14.9 Å².